The molecule has 1 saturated heterocycles. The molecule has 0 bridgehead atoms. The summed E-state index contributed by atoms with van der Waals surface area (Å²) in [5, 5.41) is 0. The maximum Gasteiger partial charge on any atom is 0.257 e. The van der Waals surface area contributed by atoms with Crippen LogP contribution in [0.25, 0.3) is 0 Å². The number of carbonyl (C=O) groups excluding carboxylic acids is 3. The van der Waals surface area contributed by atoms with E-state index in [1.165, 1.54) is 4.90 Å². The summed E-state index contributed by atoms with van der Waals surface area (Å²) in [7, 11) is 0. The van der Waals surface area contributed by atoms with Crippen LogP contribution in [0.1, 0.15) is 53.6 Å². The van der Waals surface area contributed by atoms with Crippen LogP contribution in [-0.4, -0.2) is 34.7 Å². The summed E-state index contributed by atoms with van der Waals surface area (Å²) in [6, 6.07) is 14.1. The van der Waals surface area contributed by atoms with Crippen LogP contribution in [0.3, 0.4) is 0 Å². The number of anilines is 1. The molecule has 0 radical (unpaired) electrons. The fraction of sp³-hybridized carbons (Fsp3) is 0.375. The minimum atomic E-state index is -0.736. The lowest BCUT2D eigenvalue weighted by Gasteiger charge is -2.33. The average molecular weight is 390 g/mol. The monoisotopic (exact) mass is 390 g/mol. The second kappa shape index (κ2) is 7.82. The fourth-order valence-electron chi connectivity index (χ4n) is 4.47. The van der Waals surface area contributed by atoms with Crippen molar-refractivity contribution >= 4 is 23.4 Å². The molecule has 1 aliphatic heterocycles. The molecule has 2 aliphatic rings. The Balaban J connectivity index is 1.67. The van der Waals surface area contributed by atoms with Gasteiger partial charge in [0.15, 0.2) is 0 Å². The number of hydrogen-bond acceptors (Lipinski definition) is 3. The topological polar surface area (TPSA) is 57.7 Å². The molecule has 1 heterocycles. The number of aryl methyl sites for hydroxylation is 2. The highest BCUT2D eigenvalue weighted by Gasteiger charge is 2.47. The molecular weight excluding hydrogens is 364 g/mol. The summed E-state index contributed by atoms with van der Waals surface area (Å²) in [5.41, 5.74) is 3.21. The van der Waals surface area contributed by atoms with Gasteiger partial charge in [0.2, 0.25) is 5.91 Å². The summed E-state index contributed by atoms with van der Waals surface area (Å²) in [5.74, 6) is -0.701. The normalized spacial score (nSPS) is 19.8. The largest absolute Gasteiger partial charge is 0.323 e. The Hall–Kier alpha value is -2.95. The summed E-state index contributed by atoms with van der Waals surface area (Å²) in [6.45, 7) is 3.91. The minimum Gasteiger partial charge on any atom is -0.323 e. The number of carbonyl (C=O) groups is 3. The SMILES string of the molecule is Cc1ccc(N2C(=O)CC(N(C(=O)c3cccc(C)c3)C3CCCC3)C2=O)cc1. The van der Waals surface area contributed by atoms with Crippen molar-refractivity contribution in [3.05, 3.63) is 65.2 Å². The van der Waals surface area contributed by atoms with Gasteiger partial charge in [-0.1, -0.05) is 48.2 Å². The molecule has 2 aromatic rings. The first-order chi connectivity index (χ1) is 14.0. The van der Waals surface area contributed by atoms with Crippen molar-refractivity contribution < 1.29 is 14.4 Å². The third-order valence-electron chi connectivity index (χ3n) is 5.97. The van der Waals surface area contributed by atoms with Gasteiger partial charge in [-0.05, 0) is 51.0 Å². The van der Waals surface area contributed by atoms with Gasteiger partial charge >= 0.3 is 0 Å². The molecule has 5 nitrogen and oxygen atoms in total. The van der Waals surface area contributed by atoms with Crippen LogP contribution in [0.2, 0.25) is 0 Å². The number of nitrogens with zero attached hydrogens (tertiary/aromatic N) is 2. The fourth-order valence-corrected chi connectivity index (χ4v) is 4.47. The van der Waals surface area contributed by atoms with E-state index in [1.54, 1.807) is 23.1 Å². The van der Waals surface area contributed by atoms with Gasteiger partial charge in [-0.15, -0.1) is 0 Å². The molecule has 3 amide bonds. The third kappa shape index (κ3) is 3.69. The summed E-state index contributed by atoms with van der Waals surface area (Å²) < 4.78 is 0. The Morgan fingerprint density at radius 1 is 0.966 bits per heavy atom. The number of amides is 3. The Kier molecular flexibility index (Phi) is 5.22. The molecule has 0 aromatic heterocycles. The van der Waals surface area contributed by atoms with Crippen molar-refractivity contribution in [2.45, 2.75) is 58.0 Å². The molecule has 2 aromatic carbocycles. The van der Waals surface area contributed by atoms with Crippen molar-refractivity contribution in [1.29, 1.82) is 0 Å². The highest BCUT2D eigenvalue weighted by Crippen LogP contribution is 2.33. The lowest BCUT2D eigenvalue weighted by atomic mass is 10.0. The summed E-state index contributed by atoms with van der Waals surface area (Å²) in [4.78, 5) is 42.5. The molecule has 29 heavy (non-hydrogen) atoms. The van der Waals surface area contributed by atoms with Gasteiger partial charge in [-0.25, -0.2) is 4.90 Å². The van der Waals surface area contributed by atoms with Crippen LogP contribution >= 0.6 is 0 Å². The van der Waals surface area contributed by atoms with E-state index < -0.39 is 6.04 Å². The van der Waals surface area contributed by atoms with Crippen molar-refractivity contribution in [2.24, 2.45) is 0 Å². The zero-order valence-corrected chi connectivity index (χ0v) is 16.9. The zero-order chi connectivity index (χ0) is 20.5. The maximum atomic E-state index is 13.5. The molecule has 5 heteroatoms. The number of rotatable bonds is 4. The molecule has 1 saturated carbocycles. The van der Waals surface area contributed by atoms with E-state index in [0.29, 0.717) is 11.3 Å². The Morgan fingerprint density at radius 3 is 2.31 bits per heavy atom. The van der Waals surface area contributed by atoms with E-state index in [1.807, 2.05) is 44.2 Å². The van der Waals surface area contributed by atoms with Gasteiger partial charge in [0.25, 0.3) is 11.8 Å². The average Bonchev–Trinajstić information content (AvgIpc) is 3.32. The minimum absolute atomic E-state index is 0.00253. The van der Waals surface area contributed by atoms with E-state index >= 15 is 0 Å². The smallest absolute Gasteiger partial charge is 0.257 e. The van der Waals surface area contributed by atoms with Gasteiger partial charge in [0.1, 0.15) is 6.04 Å². The van der Waals surface area contributed by atoms with Crippen LogP contribution < -0.4 is 4.90 Å². The van der Waals surface area contributed by atoms with E-state index in [-0.39, 0.29) is 30.2 Å². The molecule has 150 valence electrons. The lowest BCUT2D eigenvalue weighted by Crippen LogP contribution is -2.50. The Morgan fingerprint density at radius 2 is 1.66 bits per heavy atom. The molecule has 1 aliphatic carbocycles. The van der Waals surface area contributed by atoms with Crippen LogP contribution in [0.15, 0.2) is 48.5 Å². The van der Waals surface area contributed by atoms with Gasteiger partial charge in [-0.3, -0.25) is 14.4 Å². The van der Waals surface area contributed by atoms with Crippen molar-refractivity contribution in [1.82, 2.24) is 4.90 Å². The molecule has 1 atom stereocenters. The Labute approximate surface area is 171 Å². The first kappa shape index (κ1) is 19.4. The van der Waals surface area contributed by atoms with Crippen molar-refractivity contribution in [3.63, 3.8) is 0 Å². The molecule has 2 fully saturated rings. The predicted molar refractivity (Wildman–Crippen MR) is 112 cm³/mol. The van der Waals surface area contributed by atoms with Gasteiger partial charge in [0, 0.05) is 11.6 Å². The predicted octanol–water partition coefficient (Wildman–Crippen LogP) is 4.02. The highest BCUT2D eigenvalue weighted by atomic mass is 16.2. The van der Waals surface area contributed by atoms with Crippen LogP contribution in [0, 0.1) is 13.8 Å². The molecule has 0 N–H and O–H groups in total. The van der Waals surface area contributed by atoms with Crippen LogP contribution in [-0.2, 0) is 9.59 Å². The van der Waals surface area contributed by atoms with Gasteiger partial charge < -0.3 is 4.90 Å². The second-order valence-electron chi connectivity index (χ2n) is 8.14. The van der Waals surface area contributed by atoms with E-state index in [0.717, 1.165) is 36.8 Å². The zero-order valence-electron chi connectivity index (χ0n) is 16.9. The van der Waals surface area contributed by atoms with Gasteiger partial charge in [-0.2, -0.15) is 0 Å². The van der Waals surface area contributed by atoms with E-state index in [9.17, 15) is 14.4 Å². The maximum absolute atomic E-state index is 13.5. The summed E-state index contributed by atoms with van der Waals surface area (Å²) >= 11 is 0. The molecule has 0 spiro atoms. The van der Waals surface area contributed by atoms with Gasteiger partial charge in [0.05, 0.1) is 12.1 Å². The van der Waals surface area contributed by atoms with E-state index in [2.05, 4.69) is 0 Å². The quantitative estimate of drug-likeness (QED) is 0.741. The molecule has 4 rings (SSSR count). The van der Waals surface area contributed by atoms with Crippen LogP contribution in [0.5, 0.6) is 0 Å². The first-order valence-corrected chi connectivity index (χ1v) is 10.3. The lowest BCUT2D eigenvalue weighted by molar-refractivity contribution is -0.123. The summed E-state index contributed by atoms with van der Waals surface area (Å²) in [6.07, 6.45) is 3.87. The highest BCUT2D eigenvalue weighted by molar-refractivity contribution is 6.23. The number of hydrogen-bond donors (Lipinski definition) is 0. The van der Waals surface area contributed by atoms with Crippen molar-refractivity contribution in [2.75, 3.05) is 4.90 Å². The first-order valence-electron chi connectivity index (χ1n) is 10.3. The molecular formula is C24H26N2O3. The second-order valence-corrected chi connectivity index (χ2v) is 8.14. The molecule has 1 unspecified atom stereocenters. The Bertz CT molecular complexity index is 945. The van der Waals surface area contributed by atoms with Crippen molar-refractivity contribution in [3.8, 4) is 0 Å². The van der Waals surface area contributed by atoms with E-state index in [4.69, 9.17) is 0 Å². The van der Waals surface area contributed by atoms with Crippen LogP contribution in [0.4, 0.5) is 5.69 Å². The third-order valence-corrected chi connectivity index (χ3v) is 5.97. The number of imide groups is 1. The standard InChI is InChI=1S/C24H26N2O3/c1-16-10-12-20(13-11-16)26-22(27)15-21(24(26)29)25(19-8-3-4-9-19)23(28)18-7-5-6-17(2)14-18/h5-7,10-14,19,21H,3-4,8-9,15H2,1-2H3. The number of benzene rings is 2.